The predicted octanol–water partition coefficient (Wildman–Crippen LogP) is 4.63. The Morgan fingerprint density at radius 2 is 1.65 bits per heavy atom. The molecule has 20 heavy (non-hydrogen) atoms. The molecule has 0 aromatic heterocycles. The van der Waals surface area contributed by atoms with Crippen molar-refractivity contribution in [3.05, 3.63) is 69.7 Å². The Labute approximate surface area is 127 Å². The van der Waals surface area contributed by atoms with Gasteiger partial charge >= 0.3 is 0 Å². The van der Waals surface area contributed by atoms with Crippen LogP contribution >= 0.6 is 23.2 Å². The third kappa shape index (κ3) is 3.21. The lowest BCUT2D eigenvalue weighted by Gasteiger charge is -2.09. The molecule has 0 radical (unpaired) electrons. The molecule has 2 aromatic carbocycles. The van der Waals surface area contributed by atoms with Gasteiger partial charge in [0, 0.05) is 0 Å². The van der Waals surface area contributed by atoms with Crippen molar-refractivity contribution in [3.8, 4) is 5.75 Å². The summed E-state index contributed by atoms with van der Waals surface area (Å²) in [6.45, 7) is 0. The number of benzene rings is 2. The molecule has 0 heterocycles. The molecule has 0 aliphatic rings. The Kier molecular flexibility index (Phi) is 4.83. The second-order valence-electron chi connectivity index (χ2n) is 4.07. The zero-order chi connectivity index (χ0) is 14.5. The highest BCUT2D eigenvalue weighted by Gasteiger charge is 2.07. The summed E-state index contributed by atoms with van der Waals surface area (Å²) in [6.07, 6.45) is 2.25. The summed E-state index contributed by atoms with van der Waals surface area (Å²) in [4.78, 5) is 10.9. The van der Waals surface area contributed by atoms with Crippen LogP contribution in [0, 0.1) is 0 Å². The van der Waals surface area contributed by atoms with Crippen molar-refractivity contribution >= 4 is 35.1 Å². The van der Waals surface area contributed by atoms with Crippen molar-refractivity contribution in [3.63, 3.8) is 0 Å². The molecule has 0 bridgehead atoms. The first-order chi connectivity index (χ1) is 9.65. The number of carbonyl (C=O) groups is 1. The van der Waals surface area contributed by atoms with Crippen LogP contribution < -0.4 is 4.74 Å². The van der Waals surface area contributed by atoms with Gasteiger partial charge in [0.1, 0.15) is 12.0 Å². The van der Waals surface area contributed by atoms with Crippen LogP contribution in [0.15, 0.2) is 48.5 Å². The summed E-state index contributed by atoms with van der Waals surface area (Å²) < 4.78 is 5.12. The minimum Gasteiger partial charge on any atom is -0.497 e. The summed E-state index contributed by atoms with van der Waals surface area (Å²) >= 11 is 11.9. The maximum Gasteiger partial charge on any atom is 0.143 e. The minimum absolute atomic E-state index is 0.453. The molecule has 0 unspecified atom stereocenters. The summed E-state index contributed by atoms with van der Waals surface area (Å²) in [5, 5.41) is 0.935. The maximum atomic E-state index is 10.9. The van der Waals surface area contributed by atoms with Gasteiger partial charge in [-0.05, 0) is 47.0 Å². The van der Waals surface area contributed by atoms with Gasteiger partial charge in [-0.1, -0.05) is 41.4 Å². The number of carbonyl (C=O) groups excluding carboxylic acids is 1. The Morgan fingerprint density at radius 1 is 1.00 bits per heavy atom. The monoisotopic (exact) mass is 306 g/mol. The molecule has 0 atom stereocenters. The average Bonchev–Trinajstić information content (AvgIpc) is 2.48. The molecule has 0 spiro atoms. The largest absolute Gasteiger partial charge is 0.497 e. The van der Waals surface area contributed by atoms with Gasteiger partial charge < -0.3 is 4.74 Å². The van der Waals surface area contributed by atoms with Gasteiger partial charge in [0.15, 0.2) is 0 Å². The van der Waals surface area contributed by atoms with E-state index in [0.717, 1.165) is 28.7 Å². The van der Waals surface area contributed by atoms with E-state index in [9.17, 15) is 4.79 Å². The second-order valence-corrected chi connectivity index (χ2v) is 4.89. The van der Waals surface area contributed by atoms with Crippen LogP contribution in [0.4, 0.5) is 0 Å². The first-order valence-electron chi connectivity index (χ1n) is 5.91. The predicted molar refractivity (Wildman–Crippen MR) is 82.6 cm³/mol. The topological polar surface area (TPSA) is 26.3 Å². The van der Waals surface area contributed by atoms with Gasteiger partial charge in [0.05, 0.1) is 17.2 Å². The number of hydrogen-bond acceptors (Lipinski definition) is 2. The molecule has 0 aliphatic heterocycles. The maximum absolute atomic E-state index is 10.9. The lowest BCUT2D eigenvalue weighted by molar-refractivity contribution is -0.104. The van der Waals surface area contributed by atoms with Gasteiger partial charge in [0.2, 0.25) is 0 Å². The number of ether oxygens (including phenoxy) is 1. The van der Waals surface area contributed by atoms with Crippen LogP contribution in [0.25, 0.3) is 5.57 Å². The van der Waals surface area contributed by atoms with Crippen molar-refractivity contribution in [1.29, 1.82) is 0 Å². The van der Waals surface area contributed by atoms with Crippen molar-refractivity contribution in [2.75, 3.05) is 7.11 Å². The second kappa shape index (κ2) is 6.60. The molecule has 0 N–H and O–H groups in total. The van der Waals surface area contributed by atoms with E-state index in [1.54, 1.807) is 19.2 Å². The van der Waals surface area contributed by atoms with E-state index in [1.165, 1.54) is 6.08 Å². The Hall–Kier alpha value is -1.77. The highest BCUT2D eigenvalue weighted by Crippen LogP contribution is 2.30. The molecule has 0 aliphatic carbocycles. The third-order valence-electron chi connectivity index (χ3n) is 2.87. The summed E-state index contributed by atoms with van der Waals surface area (Å²) in [6, 6.07) is 12.7. The molecular weight excluding hydrogens is 295 g/mol. The van der Waals surface area contributed by atoms with Crippen LogP contribution in [-0.2, 0) is 4.79 Å². The lowest BCUT2D eigenvalue weighted by Crippen LogP contribution is -1.90. The Balaban J connectivity index is 2.47. The Morgan fingerprint density at radius 3 is 2.20 bits per heavy atom. The van der Waals surface area contributed by atoms with E-state index in [0.29, 0.717) is 10.0 Å². The smallest absolute Gasteiger partial charge is 0.143 e. The molecule has 0 saturated carbocycles. The summed E-state index contributed by atoms with van der Waals surface area (Å²) in [5.74, 6) is 0.758. The van der Waals surface area contributed by atoms with Gasteiger partial charge in [-0.3, -0.25) is 4.79 Å². The standard InChI is InChI=1S/C16H12Cl2O2/c1-20-13-5-2-11(3-6-13)14(8-9-19)12-4-7-15(17)16(18)10-12/h2-10H,1H3/b14-8-. The molecule has 2 rings (SSSR count). The summed E-state index contributed by atoms with van der Waals surface area (Å²) in [7, 11) is 1.61. The van der Waals surface area contributed by atoms with E-state index in [1.807, 2.05) is 30.3 Å². The number of methoxy groups -OCH3 is 1. The number of aldehydes is 1. The number of rotatable bonds is 4. The van der Waals surface area contributed by atoms with Crippen LogP contribution in [0.3, 0.4) is 0 Å². The van der Waals surface area contributed by atoms with Gasteiger partial charge in [-0.2, -0.15) is 0 Å². The fourth-order valence-corrected chi connectivity index (χ4v) is 2.16. The van der Waals surface area contributed by atoms with Gasteiger partial charge in [0.25, 0.3) is 0 Å². The van der Waals surface area contributed by atoms with Crippen molar-refractivity contribution in [1.82, 2.24) is 0 Å². The van der Waals surface area contributed by atoms with E-state index in [4.69, 9.17) is 27.9 Å². The zero-order valence-electron chi connectivity index (χ0n) is 10.8. The van der Waals surface area contributed by atoms with Crippen molar-refractivity contribution < 1.29 is 9.53 Å². The molecule has 0 amide bonds. The fraction of sp³-hybridized carbons (Fsp3) is 0.0625. The quantitative estimate of drug-likeness (QED) is 0.608. The zero-order valence-corrected chi connectivity index (χ0v) is 12.3. The van der Waals surface area contributed by atoms with Crippen LogP contribution in [0.2, 0.25) is 10.0 Å². The van der Waals surface area contributed by atoms with Crippen molar-refractivity contribution in [2.45, 2.75) is 0 Å². The van der Waals surface area contributed by atoms with Crippen LogP contribution in [0.1, 0.15) is 11.1 Å². The third-order valence-corrected chi connectivity index (χ3v) is 3.61. The van der Waals surface area contributed by atoms with Crippen molar-refractivity contribution in [2.24, 2.45) is 0 Å². The lowest BCUT2D eigenvalue weighted by atomic mass is 9.98. The minimum atomic E-state index is 0.453. The normalized spacial score (nSPS) is 11.2. The molecule has 102 valence electrons. The highest BCUT2D eigenvalue weighted by atomic mass is 35.5. The van der Waals surface area contributed by atoms with Crippen LogP contribution in [-0.4, -0.2) is 13.4 Å². The molecule has 4 heteroatoms. The van der Waals surface area contributed by atoms with E-state index < -0.39 is 0 Å². The number of hydrogen-bond donors (Lipinski definition) is 0. The number of halogens is 2. The first kappa shape index (κ1) is 14.6. The highest BCUT2D eigenvalue weighted by molar-refractivity contribution is 6.42. The molecule has 0 fully saturated rings. The average molecular weight is 307 g/mol. The first-order valence-corrected chi connectivity index (χ1v) is 6.66. The van der Waals surface area contributed by atoms with Crippen LogP contribution in [0.5, 0.6) is 5.75 Å². The fourth-order valence-electron chi connectivity index (χ4n) is 1.86. The number of allylic oxidation sites excluding steroid dienone is 1. The van der Waals surface area contributed by atoms with Gasteiger partial charge in [-0.15, -0.1) is 0 Å². The van der Waals surface area contributed by atoms with E-state index in [2.05, 4.69) is 0 Å². The molecular formula is C16H12Cl2O2. The Bertz CT molecular complexity index is 646. The van der Waals surface area contributed by atoms with E-state index in [-0.39, 0.29) is 0 Å². The molecule has 2 nitrogen and oxygen atoms in total. The molecule has 0 saturated heterocycles. The van der Waals surface area contributed by atoms with E-state index >= 15 is 0 Å². The molecule has 2 aromatic rings. The summed E-state index contributed by atoms with van der Waals surface area (Å²) in [5.41, 5.74) is 2.51. The SMILES string of the molecule is COc1ccc(/C(=C/C=O)c2ccc(Cl)c(Cl)c2)cc1. The van der Waals surface area contributed by atoms with Gasteiger partial charge in [-0.25, -0.2) is 0 Å².